The van der Waals surface area contributed by atoms with E-state index in [0.717, 1.165) is 11.3 Å². The number of fused-ring (bicyclic) bond motifs is 2. The van der Waals surface area contributed by atoms with Gasteiger partial charge in [-0.3, -0.25) is 0 Å². The van der Waals surface area contributed by atoms with Crippen molar-refractivity contribution < 1.29 is 21.5 Å². The van der Waals surface area contributed by atoms with E-state index in [2.05, 4.69) is 34.9 Å². The van der Waals surface area contributed by atoms with Crippen molar-refractivity contribution in [2.24, 2.45) is 0 Å². The van der Waals surface area contributed by atoms with Crippen LogP contribution < -0.4 is 21.5 Å². The van der Waals surface area contributed by atoms with Gasteiger partial charge in [-0.1, -0.05) is 18.2 Å². The SMILES string of the molecule is COc1ccc[n+]2cc3ccccc3cc12.[Cl-]. The number of hydrogen-bond donors (Lipinski definition) is 0. The molecule has 3 heteroatoms. The molecule has 0 atom stereocenters. The molecule has 0 fully saturated rings. The van der Waals surface area contributed by atoms with Crippen LogP contribution in [0.2, 0.25) is 0 Å². The molecule has 0 aliphatic heterocycles. The molecular weight excluding hydrogens is 234 g/mol. The van der Waals surface area contributed by atoms with Crippen molar-refractivity contribution in [2.75, 3.05) is 7.11 Å². The number of rotatable bonds is 1. The number of benzene rings is 1. The third kappa shape index (κ3) is 1.92. The summed E-state index contributed by atoms with van der Waals surface area (Å²) in [4.78, 5) is 0. The minimum atomic E-state index is 0. The average molecular weight is 246 g/mol. The van der Waals surface area contributed by atoms with Crippen molar-refractivity contribution in [1.82, 2.24) is 0 Å². The topological polar surface area (TPSA) is 13.3 Å². The monoisotopic (exact) mass is 245 g/mol. The van der Waals surface area contributed by atoms with Gasteiger partial charge in [0.25, 0.3) is 5.52 Å². The number of nitrogens with zero attached hydrogens (tertiary/aromatic N) is 1. The molecule has 0 N–H and O–H groups in total. The number of halogens is 1. The molecule has 2 aromatic heterocycles. The minimum Gasteiger partial charge on any atom is -1.00 e. The van der Waals surface area contributed by atoms with Gasteiger partial charge in [-0.05, 0) is 17.5 Å². The van der Waals surface area contributed by atoms with E-state index in [1.807, 2.05) is 24.4 Å². The second kappa shape index (κ2) is 4.60. The Morgan fingerprint density at radius 1 is 1.00 bits per heavy atom. The molecule has 0 saturated carbocycles. The van der Waals surface area contributed by atoms with E-state index in [0.29, 0.717) is 0 Å². The molecule has 0 saturated heterocycles. The Bertz CT molecular complexity index is 666. The Balaban J connectivity index is 0.00000108. The van der Waals surface area contributed by atoms with E-state index in [1.54, 1.807) is 7.11 Å². The first-order chi connectivity index (χ1) is 7.88. The van der Waals surface area contributed by atoms with Gasteiger partial charge in [0.05, 0.1) is 7.11 Å². The van der Waals surface area contributed by atoms with Crippen molar-refractivity contribution in [3.63, 3.8) is 0 Å². The van der Waals surface area contributed by atoms with E-state index in [1.165, 1.54) is 10.8 Å². The van der Waals surface area contributed by atoms with Crippen LogP contribution in [0.4, 0.5) is 0 Å². The Labute approximate surface area is 106 Å². The zero-order valence-corrected chi connectivity index (χ0v) is 10.2. The van der Waals surface area contributed by atoms with Crippen LogP contribution in [-0.2, 0) is 0 Å². The first-order valence-corrected chi connectivity index (χ1v) is 5.25. The van der Waals surface area contributed by atoms with Gasteiger partial charge in [0, 0.05) is 17.5 Å². The summed E-state index contributed by atoms with van der Waals surface area (Å²) in [6.07, 6.45) is 4.15. The second-order valence-corrected chi connectivity index (χ2v) is 3.77. The zero-order chi connectivity index (χ0) is 11.0. The van der Waals surface area contributed by atoms with Gasteiger partial charge in [-0.2, -0.15) is 4.40 Å². The largest absolute Gasteiger partial charge is 1.00 e. The van der Waals surface area contributed by atoms with E-state index < -0.39 is 0 Å². The Hall–Kier alpha value is -1.80. The summed E-state index contributed by atoms with van der Waals surface area (Å²) in [6.45, 7) is 0. The van der Waals surface area contributed by atoms with Crippen molar-refractivity contribution >= 4 is 16.3 Å². The minimum absolute atomic E-state index is 0. The summed E-state index contributed by atoms with van der Waals surface area (Å²) in [5, 5.41) is 2.46. The molecule has 17 heavy (non-hydrogen) atoms. The maximum Gasteiger partial charge on any atom is 0.253 e. The van der Waals surface area contributed by atoms with Crippen LogP contribution >= 0.6 is 0 Å². The van der Waals surface area contributed by atoms with Crippen molar-refractivity contribution in [3.8, 4) is 5.75 Å². The molecular formula is C14H12ClNO. The molecule has 0 unspecified atom stereocenters. The van der Waals surface area contributed by atoms with Crippen molar-refractivity contribution in [1.29, 1.82) is 0 Å². The molecule has 86 valence electrons. The zero-order valence-electron chi connectivity index (χ0n) is 9.43. The predicted molar refractivity (Wildman–Crippen MR) is 63.7 cm³/mol. The first-order valence-electron chi connectivity index (χ1n) is 5.25. The van der Waals surface area contributed by atoms with Crippen LogP contribution in [-0.4, -0.2) is 7.11 Å². The highest BCUT2D eigenvalue weighted by molar-refractivity contribution is 5.84. The highest BCUT2D eigenvalue weighted by Crippen LogP contribution is 2.19. The van der Waals surface area contributed by atoms with E-state index in [9.17, 15) is 0 Å². The fourth-order valence-electron chi connectivity index (χ4n) is 2.00. The van der Waals surface area contributed by atoms with Gasteiger partial charge < -0.3 is 17.1 Å². The third-order valence-corrected chi connectivity index (χ3v) is 2.81. The lowest BCUT2D eigenvalue weighted by Gasteiger charge is -2.01. The molecule has 3 rings (SSSR count). The molecule has 0 aliphatic rings. The third-order valence-electron chi connectivity index (χ3n) is 2.81. The second-order valence-electron chi connectivity index (χ2n) is 3.77. The van der Waals surface area contributed by atoms with Gasteiger partial charge in [-0.15, -0.1) is 0 Å². The van der Waals surface area contributed by atoms with Gasteiger partial charge in [0.2, 0.25) is 0 Å². The lowest BCUT2D eigenvalue weighted by atomic mass is 10.1. The predicted octanol–water partition coefficient (Wildman–Crippen LogP) is -0.409. The Morgan fingerprint density at radius 3 is 2.53 bits per heavy atom. The van der Waals surface area contributed by atoms with E-state index in [4.69, 9.17) is 4.74 Å². The highest BCUT2D eigenvalue weighted by Gasteiger charge is 2.09. The molecule has 1 aromatic carbocycles. The maximum atomic E-state index is 5.36. The van der Waals surface area contributed by atoms with Gasteiger partial charge in [0.15, 0.2) is 18.1 Å². The van der Waals surface area contributed by atoms with Crippen LogP contribution in [0.3, 0.4) is 0 Å². The van der Waals surface area contributed by atoms with Crippen LogP contribution in [0.5, 0.6) is 5.75 Å². The summed E-state index contributed by atoms with van der Waals surface area (Å²) < 4.78 is 7.44. The van der Waals surface area contributed by atoms with Crippen LogP contribution in [0, 0.1) is 0 Å². The Morgan fingerprint density at radius 2 is 1.76 bits per heavy atom. The first kappa shape index (κ1) is 11.7. The fourth-order valence-corrected chi connectivity index (χ4v) is 2.00. The van der Waals surface area contributed by atoms with Gasteiger partial charge >= 0.3 is 0 Å². The smallest absolute Gasteiger partial charge is 0.253 e. The molecule has 2 nitrogen and oxygen atoms in total. The highest BCUT2D eigenvalue weighted by atomic mass is 35.5. The van der Waals surface area contributed by atoms with E-state index in [-0.39, 0.29) is 12.4 Å². The lowest BCUT2D eigenvalue weighted by Crippen LogP contribution is -3.00. The van der Waals surface area contributed by atoms with Gasteiger partial charge in [-0.25, -0.2) is 0 Å². The molecule has 0 spiro atoms. The van der Waals surface area contributed by atoms with Crippen LogP contribution in [0.15, 0.2) is 54.9 Å². The molecule has 0 radical (unpaired) electrons. The quantitative estimate of drug-likeness (QED) is 0.420. The molecule has 2 heterocycles. The number of pyridine rings is 2. The number of methoxy groups -OCH3 is 1. The molecule has 0 amide bonds. The molecule has 0 bridgehead atoms. The number of hydrogen-bond acceptors (Lipinski definition) is 1. The summed E-state index contributed by atoms with van der Waals surface area (Å²) in [7, 11) is 1.70. The standard InChI is InChI=1S/C14H12NO.ClH/c1-16-14-7-4-8-15-10-12-6-3-2-5-11(12)9-13(14)15;/h2-10H,1H3;1H/q+1;/p-1. The lowest BCUT2D eigenvalue weighted by molar-refractivity contribution is -0.510. The number of aromatic nitrogens is 1. The summed E-state index contributed by atoms with van der Waals surface area (Å²) in [5.74, 6) is 0.897. The summed E-state index contributed by atoms with van der Waals surface area (Å²) in [6, 6.07) is 14.4. The van der Waals surface area contributed by atoms with Crippen molar-refractivity contribution in [3.05, 3.63) is 54.9 Å². The Kier molecular flexibility index (Phi) is 3.16. The molecule has 3 aromatic rings. The normalized spacial score (nSPS) is 10.2. The van der Waals surface area contributed by atoms with Crippen LogP contribution in [0.25, 0.3) is 16.3 Å². The van der Waals surface area contributed by atoms with E-state index >= 15 is 0 Å². The van der Waals surface area contributed by atoms with Crippen LogP contribution in [0.1, 0.15) is 0 Å². The molecule has 0 aliphatic carbocycles. The number of ether oxygens (including phenoxy) is 1. The summed E-state index contributed by atoms with van der Waals surface area (Å²) >= 11 is 0. The summed E-state index contributed by atoms with van der Waals surface area (Å²) in [5.41, 5.74) is 1.09. The van der Waals surface area contributed by atoms with Crippen molar-refractivity contribution in [2.45, 2.75) is 0 Å². The fraction of sp³-hybridized carbons (Fsp3) is 0.0714. The average Bonchev–Trinajstić information content (AvgIpc) is 2.35. The maximum absolute atomic E-state index is 5.36. The van der Waals surface area contributed by atoms with Gasteiger partial charge in [0.1, 0.15) is 0 Å².